The van der Waals surface area contributed by atoms with Gasteiger partial charge in [0, 0.05) is 18.5 Å². The zero-order valence-corrected chi connectivity index (χ0v) is 12.2. The molecular formula is C16H18N2OS. The second kappa shape index (κ2) is 6.27. The van der Waals surface area contributed by atoms with Gasteiger partial charge in [-0.3, -0.25) is 4.79 Å². The second-order valence-electron chi connectivity index (χ2n) is 5.07. The zero-order chi connectivity index (χ0) is 13.8. The van der Waals surface area contributed by atoms with Crippen LogP contribution in [0, 0.1) is 0 Å². The molecule has 104 valence electrons. The number of para-hydroxylation sites is 1. The first-order valence-corrected chi connectivity index (χ1v) is 8.08. The predicted molar refractivity (Wildman–Crippen MR) is 82.9 cm³/mol. The Balaban J connectivity index is 1.62. The summed E-state index contributed by atoms with van der Waals surface area (Å²) in [7, 11) is 0. The largest absolute Gasteiger partial charge is 0.342 e. The zero-order valence-electron chi connectivity index (χ0n) is 11.4. The number of benzene rings is 1. The van der Waals surface area contributed by atoms with Crippen LogP contribution in [-0.2, 0) is 4.79 Å². The van der Waals surface area contributed by atoms with Crippen molar-refractivity contribution in [3.63, 3.8) is 0 Å². The van der Waals surface area contributed by atoms with Crippen LogP contribution in [0.25, 0.3) is 10.9 Å². The Labute approximate surface area is 123 Å². The fourth-order valence-corrected chi connectivity index (χ4v) is 3.28. The molecule has 2 aromatic rings. The average molecular weight is 286 g/mol. The summed E-state index contributed by atoms with van der Waals surface area (Å²) < 4.78 is 0. The van der Waals surface area contributed by atoms with E-state index in [4.69, 9.17) is 0 Å². The second-order valence-corrected chi connectivity index (χ2v) is 6.07. The Kier molecular flexibility index (Phi) is 4.21. The van der Waals surface area contributed by atoms with Crippen molar-refractivity contribution >= 4 is 28.6 Å². The van der Waals surface area contributed by atoms with E-state index in [1.807, 2.05) is 29.2 Å². The van der Waals surface area contributed by atoms with Gasteiger partial charge in [0.25, 0.3) is 0 Å². The highest BCUT2D eigenvalue weighted by Crippen LogP contribution is 2.21. The van der Waals surface area contributed by atoms with Gasteiger partial charge in [0.05, 0.1) is 16.3 Å². The van der Waals surface area contributed by atoms with E-state index in [1.165, 1.54) is 18.2 Å². The topological polar surface area (TPSA) is 33.2 Å². The maximum Gasteiger partial charge on any atom is 0.232 e. The van der Waals surface area contributed by atoms with Crippen molar-refractivity contribution in [2.75, 3.05) is 18.8 Å². The smallest absolute Gasteiger partial charge is 0.232 e. The lowest BCUT2D eigenvalue weighted by Gasteiger charge is -2.26. The summed E-state index contributed by atoms with van der Waals surface area (Å²) in [6.45, 7) is 1.84. The van der Waals surface area contributed by atoms with Crippen molar-refractivity contribution in [1.29, 1.82) is 0 Å². The highest BCUT2D eigenvalue weighted by molar-refractivity contribution is 7.99. The molecule has 1 aromatic carbocycles. The van der Waals surface area contributed by atoms with E-state index in [2.05, 4.69) is 17.1 Å². The molecule has 0 spiro atoms. The number of amides is 1. The molecule has 0 bridgehead atoms. The SMILES string of the molecule is O=C(CSc1ccc2ccccc2n1)N1CCCCC1. The maximum atomic E-state index is 12.1. The first-order chi connectivity index (χ1) is 9.83. The van der Waals surface area contributed by atoms with Crippen LogP contribution in [0.1, 0.15) is 19.3 Å². The van der Waals surface area contributed by atoms with Gasteiger partial charge in [-0.05, 0) is 31.4 Å². The minimum absolute atomic E-state index is 0.240. The van der Waals surface area contributed by atoms with E-state index < -0.39 is 0 Å². The van der Waals surface area contributed by atoms with E-state index in [-0.39, 0.29) is 5.91 Å². The highest BCUT2D eigenvalue weighted by Gasteiger charge is 2.16. The molecule has 1 fully saturated rings. The fraction of sp³-hybridized carbons (Fsp3) is 0.375. The highest BCUT2D eigenvalue weighted by atomic mass is 32.2. The molecule has 0 saturated carbocycles. The van der Waals surface area contributed by atoms with Crippen LogP contribution in [0.5, 0.6) is 0 Å². The van der Waals surface area contributed by atoms with Gasteiger partial charge in [0.1, 0.15) is 0 Å². The van der Waals surface area contributed by atoms with Gasteiger partial charge in [0.15, 0.2) is 0 Å². The maximum absolute atomic E-state index is 12.1. The molecule has 0 aliphatic carbocycles. The van der Waals surface area contributed by atoms with Crippen molar-refractivity contribution in [1.82, 2.24) is 9.88 Å². The number of pyridine rings is 1. The molecule has 1 amide bonds. The van der Waals surface area contributed by atoms with Crippen LogP contribution in [-0.4, -0.2) is 34.6 Å². The molecule has 1 saturated heterocycles. The average Bonchev–Trinajstić information content (AvgIpc) is 2.53. The Morgan fingerprint density at radius 1 is 1.10 bits per heavy atom. The molecule has 0 N–H and O–H groups in total. The lowest BCUT2D eigenvalue weighted by atomic mass is 10.1. The summed E-state index contributed by atoms with van der Waals surface area (Å²) in [5.74, 6) is 0.732. The number of carbonyl (C=O) groups is 1. The molecule has 1 aliphatic rings. The van der Waals surface area contributed by atoms with E-state index >= 15 is 0 Å². The number of hydrogen-bond donors (Lipinski definition) is 0. The van der Waals surface area contributed by atoms with E-state index in [1.54, 1.807) is 0 Å². The molecule has 1 aliphatic heterocycles. The van der Waals surface area contributed by atoms with Gasteiger partial charge in [-0.15, -0.1) is 0 Å². The number of fused-ring (bicyclic) bond motifs is 1. The number of aromatic nitrogens is 1. The molecule has 1 aromatic heterocycles. The lowest BCUT2D eigenvalue weighted by molar-refractivity contribution is -0.129. The van der Waals surface area contributed by atoms with Gasteiger partial charge < -0.3 is 4.90 Å². The molecule has 0 unspecified atom stereocenters. The van der Waals surface area contributed by atoms with Crippen molar-refractivity contribution in [2.24, 2.45) is 0 Å². The van der Waals surface area contributed by atoms with E-state index in [0.29, 0.717) is 5.75 Å². The van der Waals surface area contributed by atoms with E-state index in [0.717, 1.165) is 41.9 Å². The summed E-state index contributed by atoms with van der Waals surface area (Å²) in [6, 6.07) is 12.1. The first-order valence-electron chi connectivity index (χ1n) is 7.09. The van der Waals surface area contributed by atoms with Crippen LogP contribution in [0.3, 0.4) is 0 Å². The van der Waals surface area contributed by atoms with E-state index in [9.17, 15) is 4.79 Å². The molecule has 20 heavy (non-hydrogen) atoms. The quantitative estimate of drug-likeness (QED) is 0.811. The normalized spacial score (nSPS) is 15.5. The summed E-state index contributed by atoms with van der Waals surface area (Å²) in [4.78, 5) is 18.7. The summed E-state index contributed by atoms with van der Waals surface area (Å²) in [5.41, 5.74) is 0.989. The molecule has 3 rings (SSSR count). The van der Waals surface area contributed by atoms with Crippen LogP contribution in [0.2, 0.25) is 0 Å². The number of nitrogens with zero attached hydrogens (tertiary/aromatic N) is 2. The third-order valence-corrected chi connectivity index (χ3v) is 4.54. The van der Waals surface area contributed by atoms with Crippen molar-refractivity contribution in [3.05, 3.63) is 36.4 Å². The van der Waals surface area contributed by atoms with Crippen molar-refractivity contribution < 1.29 is 4.79 Å². The Morgan fingerprint density at radius 2 is 1.90 bits per heavy atom. The number of thioether (sulfide) groups is 1. The van der Waals surface area contributed by atoms with Crippen molar-refractivity contribution in [3.8, 4) is 0 Å². The molecule has 3 nitrogen and oxygen atoms in total. The van der Waals surface area contributed by atoms with Gasteiger partial charge in [-0.25, -0.2) is 4.98 Å². The summed E-state index contributed by atoms with van der Waals surface area (Å²) in [5, 5.41) is 2.06. The molecule has 4 heteroatoms. The number of rotatable bonds is 3. The molecule has 0 radical (unpaired) electrons. The first kappa shape index (κ1) is 13.4. The fourth-order valence-electron chi connectivity index (χ4n) is 2.50. The third kappa shape index (κ3) is 3.12. The van der Waals surface area contributed by atoms with Gasteiger partial charge in [-0.1, -0.05) is 36.0 Å². The summed E-state index contributed by atoms with van der Waals surface area (Å²) >= 11 is 1.53. The number of piperidine rings is 1. The standard InChI is InChI=1S/C16H18N2OS/c19-16(18-10-4-1-5-11-18)12-20-15-9-8-13-6-2-3-7-14(13)17-15/h2-3,6-9H,1,4-5,10-12H2. The number of hydrogen-bond acceptors (Lipinski definition) is 3. The number of likely N-dealkylation sites (tertiary alicyclic amines) is 1. The van der Waals surface area contributed by atoms with Gasteiger partial charge in [0.2, 0.25) is 5.91 Å². The third-order valence-electron chi connectivity index (χ3n) is 3.63. The molecule has 0 atom stereocenters. The minimum atomic E-state index is 0.240. The van der Waals surface area contributed by atoms with Crippen molar-refractivity contribution in [2.45, 2.75) is 24.3 Å². The number of carbonyl (C=O) groups excluding carboxylic acids is 1. The van der Waals surface area contributed by atoms with Crippen LogP contribution >= 0.6 is 11.8 Å². The van der Waals surface area contributed by atoms with Crippen LogP contribution < -0.4 is 0 Å². The predicted octanol–water partition coefficient (Wildman–Crippen LogP) is 3.34. The van der Waals surface area contributed by atoms with Gasteiger partial charge >= 0.3 is 0 Å². The molecular weight excluding hydrogens is 268 g/mol. The minimum Gasteiger partial charge on any atom is -0.342 e. The Morgan fingerprint density at radius 3 is 2.75 bits per heavy atom. The Bertz CT molecular complexity index is 608. The molecule has 2 heterocycles. The Hall–Kier alpha value is -1.55. The summed E-state index contributed by atoms with van der Waals surface area (Å²) in [6.07, 6.45) is 3.54. The van der Waals surface area contributed by atoms with Crippen LogP contribution in [0.4, 0.5) is 0 Å². The van der Waals surface area contributed by atoms with Crippen LogP contribution in [0.15, 0.2) is 41.4 Å². The van der Waals surface area contributed by atoms with Gasteiger partial charge in [-0.2, -0.15) is 0 Å². The lowest BCUT2D eigenvalue weighted by Crippen LogP contribution is -2.36. The monoisotopic (exact) mass is 286 g/mol.